The van der Waals surface area contributed by atoms with E-state index >= 15 is 0 Å². The number of hydrogen-bond donors (Lipinski definition) is 1. The number of carbonyl (C=O) groups is 1. The standard InChI is InChI=1S/C32H22BrClF4N4O4/c1-2-45-25-14-19(27(33)28(34)29(25)46-17-26(43)40-22-10-6-9-21(35)15-22)16-39-42-30(18-7-5-8-20(13-18)32(36,37)38)41-24-12-4-3-11-23(24)31(42)44/h3-16H,2,17H2,1H3,(H,40,43). The van der Waals surface area contributed by atoms with Gasteiger partial charge in [-0.05, 0) is 71.4 Å². The summed E-state index contributed by atoms with van der Waals surface area (Å²) in [5.41, 5.74) is -0.704. The Kier molecular flexibility index (Phi) is 9.73. The molecule has 1 amide bonds. The molecule has 46 heavy (non-hydrogen) atoms. The lowest BCUT2D eigenvalue weighted by Gasteiger charge is -2.16. The maximum atomic E-state index is 13.5. The first-order valence-corrected chi connectivity index (χ1v) is 14.7. The van der Waals surface area contributed by atoms with Crippen LogP contribution in [0, 0.1) is 5.82 Å². The molecule has 0 aliphatic carbocycles. The molecule has 5 aromatic rings. The quantitative estimate of drug-likeness (QED) is 0.124. The molecule has 14 heteroatoms. The van der Waals surface area contributed by atoms with Crippen molar-refractivity contribution < 1.29 is 31.8 Å². The first-order chi connectivity index (χ1) is 22.0. The zero-order valence-corrected chi connectivity index (χ0v) is 26.1. The topological polar surface area (TPSA) is 94.8 Å². The summed E-state index contributed by atoms with van der Waals surface area (Å²) in [5, 5.41) is 7.03. The third kappa shape index (κ3) is 7.21. The van der Waals surface area contributed by atoms with Crippen LogP contribution in [0.5, 0.6) is 11.5 Å². The average molecular weight is 718 g/mol. The van der Waals surface area contributed by atoms with E-state index in [9.17, 15) is 27.2 Å². The summed E-state index contributed by atoms with van der Waals surface area (Å²) in [6, 6.07) is 17.6. The molecule has 0 aliphatic rings. The Bertz CT molecular complexity index is 2030. The number of fused-ring (bicyclic) bond motifs is 1. The smallest absolute Gasteiger partial charge is 0.416 e. The fourth-order valence-corrected chi connectivity index (χ4v) is 5.02. The van der Waals surface area contributed by atoms with Gasteiger partial charge >= 0.3 is 6.18 Å². The Morgan fingerprint density at radius 2 is 1.83 bits per heavy atom. The number of nitrogens with one attached hydrogen (secondary N) is 1. The van der Waals surface area contributed by atoms with Crippen molar-refractivity contribution >= 4 is 56.2 Å². The van der Waals surface area contributed by atoms with Gasteiger partial charge < -0.3 is 14.8 Å². The SMILES string of the molecule is CCOc1cc(C=Nn2c(-c3cccc(C(F)(F)F)c3)nc3ccccc3c2=O)c(Br)c(Cl)c1OCC(=O)Nc1cccc(F)c1. The summed E-state index contributed by atoms with van der Waals surface area (Å²) < 4.78 is 66.6. The monoisotopic (exact) mass is 716 g/mol. The highest BCUT2D eigenvalue weighted by Gasteiger charge is 2.31. The normalized spacial score (nSPS) is 11.6. The number of alkyl halides is 3. The second-order valence-electron chi connectivity index (χ2n) is 9.59. The molecule has 1 N–H and O–H groups in total. The largest absolute Gasteiger partial charge is 0.490 e. The van der Waals surface area contributed by atoms with Crippen molar-refractivity contribution in [1.29, 1.82) is 0 Å². The number of aromatic nitrogens is 2. The van der Waals surface area contributed by atoms with E-state index in [1.807, 2.05) is 0 Å². The van der Waals surface area contributed by atoms with Crippen molar-refractivity contribution in [3.63, 3.8) is 0 Å². The van der Waals surface area contributed by atoms with Crippen LogP contribution in [-0.2, 0) is 11.0 Å². The lowest BCUT2D eigenvalue weighted by atomic mass is 10.1. The molecule has 4 aromatic carbocycles. The Labute approximate surface area is 272 Å². The molecule has 1 aromatic heterocycles. The predicted octanol–water partition coefficient (Wildman–Crippen LogP) is 7.94. The van der Waals surface area contributed by atoms with Crippen LogP contribution >= 0.6 is 27.5 Å². The molecule has 0 saturated carbocycles. The molecule has 0 spiro atoms. The van der Waals surface area contributed by atoms with E-state index in [-0.39, 0.29) is 55.6 Å². The second-order valence-corrected chi connectivity index (χ2v) is 10.8. The lowest BCUT2D eigenvalue weighted by molar-refractivity contribution is -0.137. The number of halogens is 6. The van der Waals surface area contributed by atoms with Gasteiger partial charge in [0, 0.05) is 21.3 Å². The minimum absolute atomic E-state index is 0.00745. The fourth-order valence-electron chi connectivity index (χ4n) is 4.37. The van der Waals surface area contributed by atoms with E-state index in [2.05, 4.69) is 31.3 Å². The molecule has 0 unspecified atom stereocenters. The van der Waals surface area contributed by atoms with Gasteiger partial charge in [0.25, 0.3) is 11.5 Å². The Morgan fingerprint density at radius 3 is 2.57 bits per heavy atom. The summed E-state index contributed by atoms with van der Waals surface area (Å²) in [5.74, 6) is -1.07. The van der Waals surface area contributed by atoms with Gasteiger partial charge in [0.1, 0.15) is 10.8 Å². The van der Waals surface area contributed by atoms with E-state index in [0.29, 0.717) is 5.56 Å². The number of carbonyl (C=O) groups excluding carboxylic acids is 1. The third-order valence-electron chi connectivity index (χ3n) is 6.43. The van der Waals surface area contributed by atoms with Gasteiger partial charge in [-0.2, -0.15) is 22.9 Å². The van der Waals surface area contributed by atoms with Gasteiger partial charge in [-0.1, -0.05) is 41.9 Å². The number of nitrogens with zero attached hydrogens (tertiary/aromatic N) is 3. The molecule has 236 valence electrons. The number of amides is 1. The Morgan fingerprint density at radius 1 is 1.07 bits per heavy atom. The maximum Gasteiger partial charge on any atom is 0.416 e. The number of ether oxygens (including phenoxy) is 2. The number of anilines is 1. The van der Waals surface area contributed by atoms with E-state index in [1.54, 1.807) is 25.1 Å². The van der Waals surface area contributed by atoms with E-state index in [0.717, 1.165) is 22.9 Å². The summed E-state index contributed by atoms with van der Waals surface area (Å²) in [4.78, 5) is 30.5. The summed E-state index contributed by atoms with van der Waals surface area (Å²) >= 11 is 9.98. The van der Waals surface area contributed by atoms with Crippen molar-refractivity contribution in [1.82, 2.24) is 9.66 Å². The molecule has 0 saturated heterocycles. The predicted molar refractivity (Wildman–Crippen MR) is 170 cm³/mol. The van der Waals surface area contributed by atoms with E-state index < -0.39 is 35.6 Å². The molecular weight excluding hydrogens is 696 g/mol. The molecule has 8 nitrogen and oxygen atoms in total. The van der Waals surface area contributed by atoms with Crippen molar-refractivity contribution in [2.24, 2.45) is 5.10 Å². The van der Waals surface area contributed by atoms with Gasteiger partial charge in [-0.15, -0.1) is 0 Å². The fraction of sp³-hybridized carbons (Fsp3) is 0.125. The maximum absolute atomic E-state index is 13.5. The van der Waals surface area contributed by atoms with Crippen LogP contribution in [0.4, 0.5) is 23.2 Å². The highest BCUT2D eigenvalue weighted by Crippen LogP contribution is 2.42. The van der Waals surface area contributed by atoms with Crippen molar-refractivity contribution in [2.75, 3.05) is 18.5 Å². The number of para-hydroxylation sites is 1. The zero-order valence-electron chi connectivity index (χ0n) is 23.7. The first-order valence-electron chi connectivity index (χ1n) is 13.5. The van der Waals surface area contributed by atoms with Crippen molar-refractivity contribution in [2.45, 2.75) is 13.1 Å². The highest BCUT2D eigenvalue weighted by molar-refractivity contribution is 9.10. The molecule has 0 atom stereocenters. The van der Waals surface area contributed by atoms with Crippen LogP contribution in [0.15, 0.2) is 93.2 Å². The molecule has 5 rings (SSSR count). The highest BCUT2D eigenvalue weighted by atomic mass is 79.9. The molecule has 0 radical (unpaired) electrons. The Balaban J connectivity index is 1.52. The molecule has 0 aliphatic heterocycles. The summed E-state index contributed by atoms with van der Waals surface area (Å²) in [6.45, 7) is 1.41. The van der Waals surface area contributed by atoms with Gasteiger partial charge in [-0.3, -0.25) is 9.59 Å². The van der Waals surface area contributed by atoms with Crippen LogP contribution in [0.25, 0.3) is 22.3 Å². The lowest BCUT2D eigenvalue weighted by Crippen LogP contribution is -2.21. The number of benzene rings is 4. The van der Waals surface area contributed by atoms with Gasteiger partial charge in [0.15, 0.2) is 23.9 Å². The minimum Gasteiger partial charge on any atom is -0.490 e. The summed E-state index contributed by atoms with van der Waals surface area (Å²) in [7, 11) is 0. The molecule has 0 fully saturated rings. The molecular formula is C32H22BrClF4N4O4. The van der Waals surface area contributed by atoms with Crippen molar-refractivity contribution in [3.05, 3.63) is 116 Å². The zero-order chi connectivity index (χ0) is 33.0. The number of rotatable bonds is 9. The number of hydrogen-bond acceptors (Lipinski definition) is 6. The average Bonchev–Trinajstić information content (AvgIpc) is 3.02. The second kappa shape index (κ2) is 13.7. The van der Waals surface area contributed by atoms with Crippen LogP contribution in [0.3, 0.4) is 0 Å². The summed E-state index contributed by atoms with van der Waals surface area (Å²) in [6.07, 6.45) is -3.36. The Hall–Kier alpha value is -4.75. The third-order valence-corrected chi connectivity index (χ3v) is 7.87. The van der Waals surface area contributed by atoms with E-state index in [4.69, 9.17) is 21.1 Å². The van der Waals surface area contributed by atoms with E-state index in [1.165, 1.54) is 48.7 Å². The molecule has 0 bridgehead atoms. The van der Waals surface area contributed by atoms with Crippen LogP contribution in [0.2, 0.25) is 5.02 Å². The molecule has 1 heterocycles. The van der Waals surface area contributed by atoms with Crippen LogP contribution in [0.1, 0.15) is 18.1 Å². The van der Waals surface area contributed by atoms with Gasteiger partial charge in [0.05, 0.1) is 29.3 Å². The van der Waals surface area contributed by atoms with Crippen LogP contribution in [-0.4, -0.2) is 35.0 Å². The van der Waals surface area contributed by atoms with Crippen molar-refractivity contribution in [3.8, 4) is 22.9 Å². The minimum atomic E-state index is -4.62. The van der Waals surface area contributed by atoms with Gasteiger partial charge in [-0.25, -0.2) is 9.37 Å². The van der Waals surface area contributed by atoms with Crippen LogP contribution < -0.4 is 20.3 Å². The van der Waals surface area contributed by atoms with Gasteiger partial charge in [0.2, 0.25) is 0 Å². The first kappa shape index (κ1) is 32.6.